The molecule has 2 rings (SSSR count). The Hall–Kier alpha value is -2.30. The molecular weight excluding hydrogens is 318 g/mol. The lowest BCUT2D eigenvalue weighted by Gasteiger charge is -2.06. The summed E-state index contributed by atoms with van der Waals surface area (Å²) in [5, 5.41) is 0.807. The van der Waals surface area contributed by atoms with E-state index in [4.69, 9.17) is 9.47 Å². The third-order valence-corrected chi connectivity index (χ3v) is 4.12. The van der Waals surface area contributed by atoms with E-state index in [1.807, 2.05) is 0 Å². The molecule has 1 aromatic carbocycles. The number of rotatable bonds is 9. The molecule has 0 saturated heterocycles. The van der Waals surface area contributed by atoms with Gasteiger partial charge in [0, 0.05) is 11.6 Å². The van der Waals surface area contributed by atoms with Gasteiger partial charge >= 0.3 is 12.1 Å². The van der Waals surface area contributed by atoms with Gasteiger partial charge in [-0.3, -0.25) is 4.57 Å². The average molecular weight is 345 g/mol. The van der Waals surface area contributed by atoms with E-state index in [-0.39, 0.29) is 5.97 Å². The van der Waals surface area contributed by atoms with E-state index >= 15 is 0 Å². The molecule has 2 aromatic rings. The number of unbranched alkanes of at least 4 members (excludes halogenated alkanes) is 5. The topological polar surface area (TPSA) is 57.5 Å². The van der Waals surface area contributed by atoms with E-state index in [0.717, 1.165) is 18.2 Å². The molecule has 0 N–H and O–H groups in total. The van der Waals surface area contributed by atoms with E-state index < -0.39 is 6.09 Å². The van der Waals surface area contributed by atoms with Crippen molar-refractivity contribution in [1.29, 1.82) is 0 Å². The highest BCUT2D eigenvalue weighted by atomic mass is 16.5. The molecular formula is C20H27NO4. The Morgan fingerprint density at radius 2 is 1.72 bits per heavy atom. The molecule has 1 aromatic heterocycles. The molecule has 0 atom stereocenters. The summed E-state index contributed by atoms with van der Waals surface area (Å²) in [4.78, 5) is 24.0. The van der Waals surface area contributed by atoms with Gasteiger partial charge in [0.15, 0.2) is 0 Å². The predicted molar refractivity (Wildman–Crippen MR) is 98.0 cm³/mol. The summed E-state index contributed by atoms with van der Waals surface area (Å²) in [7, 11) is 0. The van der Waals surface area contributed by atoms with Crippen LogP contribution in [0.3, 0.4) is 0 Å². The van der Waals surface area contributed by atoms with Gasteiger partial charge < -0.3 is 9.47 Å². The molecule has 0 saturated carbocycles. The predicted octanol–water partition coefficient (Wildman–Crippen LogP) is 5.16. The molecule has 0 aliphatic carbocycles. The smallest absolute Gasteiger partial charge is 0.418 e. The highest BCUT2D eigenvalue weighted by Crippen LogP contribution is 2.19. The summed E-state index contributed by atoms with van der Waals surface area (Å²) in [5.74, 6) is -0.320. The van der Waals surface area contributed by atoms with Crippen LogP contribution in [0.4, 0.5) is 4.79 Å². The fourth-order valence-electron chi connectivity index (χ4n) is 2.75. The third kappa shape index (κ3) is 5.34. The monoisotopic (exact) mass is 345 g/mol. The second-order valence-electron chi connectivity index (χ2n) is 6.06. The molecule has 0 aliphatic rings. The van der Waals surface area contributed by atoms with Crippen molar-refractivity contribution in [2.45, 2.75) is 52.4 Å². The standard InChI is InChI=1S/C20H27NO4/c1-3-5-6-7-8-9-14-25-19(22)17-10-11-18-16(15-17)12-13-21(18)20(23)24-4-2/h10-13,15H,3-9,14H2,1-2H3. The van der Waals surface area contributed by atoms with E-state index in [0.29, 0.717) is 24.3 Å². The summed E-state index contributed by atoms with van der Waals surface area (Å²) >= 11 is 0. The van der Waals surface area contributed by atoms with Gasteiger partial charge in [0.05, 0.1) is 24.3 Å². The van der Waals surface area contributed by atoms with Crippen LogP contribution in [0.15, 0.2) is 30.5 Å². The van der Waals surface area contributed by atoms with Gasteiger partial charge in [-0.25, -0.2) is 9.59 Å². The van der Waals surface area contributed by atoms with E-state index in [9.17, 15) is 9.59 Å². The molecule has 25 heavy (non-hydrogen) atoms. The first-order chi connectivity index (χ1) is 12.2. The summed E-state index contributed by atoms with van der Waals surface area (Å²) in [6.07, 6.45) is 8.16. The van der Waals surface area contributed by atoms with Gasteiger partial charge in [-0.15, -0.1) is 0 Å². The van der Waals surface area contributed by atoms with Crippen LogP contribution in [0.2, 0.25) is 0 Å². The van der Waals surface area contributed by atoms with Gasteiger partial charge in [0.1, 0.15) is 0 Å². The SMILES string of the molecule is CCCCCCCCOC(=O)c1ccc2c(ccn2C(=O)OCC)c1. The Morgan fingerprint density at radius 1 is 0.960 bits per heavy atom. The Balaban J connectivity index is 1.88. The van der Waals surface area contributed by atoms with E-state index in [2.05, 4.69) is 6.92 Å². The van der Waals surface area contributed by atoms with Crippen molar-refractivity contribution in [1.82, 2.24) is 4.57 Å². The maximum absolute atomic E-state index is 12.1. The van der Waals surface area contributed by atoms with E-state index in [1.54, 1.807) is 37.4 Å². The molecule has 0 unspecified atom stereocenters. The van der Waals surface area contributed by atoms with Crippen LogP contribution in [0.25, 0.3) is 10.9 Å². The van der Waals surface area contributed by atoms with Crippen LogP contribution < -0.4 is 0 Å². The highest BCUT2D eigenvalue weighted by Gasteiger charge is 2.13. The zero-order valence-corrected chi connectivity index (χ0v) is 15.1. The normalized spacial score (nSPS) is 10.8. The zero-order chi connectivity index (χ0) is 18.1. The molecule has 0 amide bonds. The number of carbonyl (C=O) groups excluding carboxylic acids is 2. The van der Waals surface area contributed by atoms with Crippen molar-refractivity contribution in [3.05, 3.63) is 36.0 Å². The van der Waals surface area contributed by atoms with Gasteiger partial charge in [-0.2, -0.15) is 0 Å². The number of carbonyl (C=O) groups is 2. The number of hydrogen-bond acceptors (Lipinski definition) is 4. The molecule has 0 spiro atoms. The number of esters is 1. The first kappa shape index (κ1) is 19.0. The number of nitrogens with zero attached hydrogens (tertiary/aromatic N) is 1. The second kappa shape index (κ2) is 9.87. The lowest BCUT2D eigenvalue weighted by atomic mass is 10.1. The van der Waals surface area contributed by atoms with Gasteiger partial charge in [-0.05, 0) is 37.6 Å². The molecule has 0 fully saturated rings. The van der Waals surface area contributed by atoms with Gasteiger partial charge in [-0.1, -0.05) is 39.0 Å². The van der Waals surface area contributed by atoms with Crippen LogP contribution in [-0.2, 0) is 9.47 Å². The molecule has 1 heterocycles. The van der Waals surface area contributed by atoms with Gasteiger partial charge in [0.2, 0.25) is 0 Å². The Morgan fingerprint density at radius 3 is 2.48 bits per heavy atom. The van der Waals surface area contributed by atoms with Crippen LogP contribution in [0.1, 0.15) is 62.7 Å². The van der Waals surface area contributed by atoms with Crippen molar-refractivity contribution in [2.24, 2.45) is 0 Å². The molecule has 0 bridgehead atoms. The summed E-state index contributed by atoms with van der Waals surface area (Å²) in [6.45, 7) is 4.73. The van der Waals surface area contributed by atoms with Crippen LogP contribution in [0.5, 0.6) is 0 Å². The number of fused-ring (bicyclic) bond motifs is 1. The maximum Gasteiger partial charge on any atom is 0.418 e. The second-order valence-corrected chi connectivity index (χ2v) is 6.06. The van der Waals surface area contributed by atoms with Crippen molar-refractivity contribution in [2.75, 3.05) is 13.2 Å². The molecule has 0 radical (unpaired) electrons. The summed E-state index contributed by atoms with van der Waals surface area (Å²) in [6, 6.07) is 6.96. The number of hydrogen-bond donors (Lipinski definition) is 0. The van der Waals surface area contributed by atoms with Crippen molar-refractivity contribution in [3.8, 4) is 0 Å². The van der Waals surface area contributed by atoms with Gasteiger partial charge in [0.25, 0.3) is 0 Å². The number of aromatic nitrogens is 1. The fourth-order valence-corrected chi connectivity index (χ4v) is 2.75. The molecule has 5 nitrogen and oxygen atoms in total. The third-order valence-electron chi connectivity index (χ3n) is 4.12. The molecule has 136 valence electrons. The average Bonchev–Trinajstić information content (AvgIpc) is 3.04. The maximum atomic E-state index is 12.1. The minimum Gasteiger partial charge on any atom is -0.462 e. The van der Waals surface area contributed by atoms with Crippen molar-refractivity contribution < 1.29 is 19.1 Å². The lowest BCUT2D eigenvalue weighted by molar-refractivity contribution is 0.0498. The highest BCUT2D eigenvalue weighted by molar-refractivity contribution is 5.97. The van der Waals surface area contributed by atoms with Crippen LogP contribution in [0, 0.1) is 0 Å². The molecule has 5 heteroatoms. The van der Waals surface area contributed by atoms with Crippen LogP contribution >= 0.6 is 0 Å². The number of benzene rings is 1. The first-order valence-electron chi connectivity index (χ1n) is 9.12. The Labute approximate surface area is 148 Å². The van der Waals surface area contributed by atoms with Crippen molar-refractivity contribution in [3.63, 3.8) is 0 Å². The Bertz CT molecular complexity index is 705. The van der Waals surface area contributed by atoms with Crippen LogP contribution in [-0.4, -0.2) is 29.8 Å². The lowest BCUT2D eigenvalue weighted by Crippen LogP contribution is -2.12. The number of ether oxygens (including phenoxy) is 2. The fraction of sp³-hybridized carbons (Fsp3) is 0.500. The quantitative estimate of drug-likeness (QED) is 0.465. The summed E-state index contributed by atoms with van der Waals surface area (Å²) in [5.41, 5.74) is 1.21. The molecule has 0 aliphatic heterocycles. The zero-order valence-electron chi connectivity index (χ0n) is 15.1. The minimum atomic E-state index is -0.420. The van der Waals surface area contributed by atoms with Crippen molar-refractivity contribution >= 4 is 23.0 Å². The first-order valence-corrected chi connectivity index (χ1v) is 9.12. The minimum absolute atomic E-state index is 0.320. The largest absolute Gasteiger partial charge is 0.462 e. The summed E-state index contributed by atoms with van der Waals surface area (Å²) < 4.78 is 11.8. The van der Waals surface area contributed by atoms with E-state index in [1.165, 1.54) is 30.3 Å². The Kier molecular flexibility index (Phi) is 7.51.